The predicted octanol–water partition coefficient (Wildman–Crippen LogP) is 2.22. The summed E-state index contributed by atoms with van der Waals surface area (Å²) in [6.07, 6.45) is 2.62. The molecule has 1 aliphatic carbocycles. The number of aromatic carboxylic acids is 1. The van der Waals surface area contributed by atoms with Crippen LogP contribution in [0.3, 0.4) is 0 Å². The van der Waals surface area contributed by atoms with E-state index in [-0.39, 0.29) is 10.5 Å². The largest absolute Gasteiger partial charge is 0.478 e. The van der Waals surface area contributed by atoms with Gasteiger partial charge in [-0.15, -0.1) is 0 Å². The Morgan fingerprint density at radius 2 is 1.85 bits per heavy atom. The number of nitrogens with one attached hydrogen (secondary N) is 1. The lowest BCUT2D eigenvalue weighted by atomic mass is 9.80. The molecule has 20 heavy (non-hydrogen) atoms. The molecule has 0 aromatic heterocycles. The van der Waals surface area contributed by atoms with E-state index in [2.05, 4.69) is 4.72 Å². The van der Waals surface area contributed by atoms with E-state index in [1.807, 2.05) is 6.92 Å². The van der Waals surface area contributed by atoms with Gasteiger partial charge in [0, 0.05) is 5.54 Å². The lowest BCUT2D eigenvalue weighted by molar-refractivity contribution is 0.0696. The second-order valence-corrected chi connectivity index (χ2v) is 7.41. The third-order valence-electron chi connectivity index (χ3n) is 3.88. The summed E-state index contributed by atoms with van der Waals surface area (Å²) in [5, 5.41) is 9.12. The van der Waals surface area contributed by atoms with E-state index in [1.54, 1.807) is 19.9 Å². The summed E-state index contributed by atoms with van der Waals surface area (Å²) < 4.78 is 27.6. The van der Waals surface area contributed by atoms with Crippen molar-refractivity contribution in [1.82, 2.24) is 4.72 Å². The Bertz CT molecular complexity index is 660. The SMILES string of the molecule is Cc1cc(C)c(S(=O)(=O)NC2(C)CCC2)cc1C(=O)O. The van der Waals surface area contributed by atoms with Gasteiger partial charge in [-0.3, -0.25) is 0 Å². The molecule has 0 saturated heterocycles. The van der Waals surface area contributed by atoms with Crippen molar-refractivity contribution >= 4 is 16.0 Å². The van der Waals surface area contributed by atoms with E-state index >= 15 is 0 Å². The molecule has 0 amide bonds. The molecule has 0 atom stereocenters. The fourth-order valence-electron chi connectivity index (χ4n) is 2.54. The molecule has 2 N–H and O–H groups in total. The lowest BCUT2D eigenvalue weighted by Gasteiger charge is -2.38. The van der Waals surface area contributed by atoms with Gasteiger partial charge in [0.15, 0.2) is 0 Å². The summed E-state index contributed by atoms with van der Waals surface area (Å²) in [5.41, 5.74) is 0.737. The highest BCUT2D eigenvalue weighted by molar-refractivity contribution is 7.89. The molecule has 0 radical (unpaired) electrons. The molecule has 2 rings (SSSR count). The van der Waals surface area contributed by atoms with Gasteiger partial charge >= 0.3 is 5.97 Å². The smallest absolute Gasteiger partial charge is 0.335 e. The van der Waals surface area contributed by atoms with Gasteiger partial charge in [0.05, 0.1) is 10.5 Å². The molecule has 1 fully saturated rings. The van der Waals surface area contributed by atoms with Crippen molar-refractivity contribution in [3.05, 3.63) is 28.8 Å². The van der Waals surface area contributed by atoms with Crippen LogP contribution in [0.2, 0.25) is 0 Å². The van der Waals surface area contributed by atoms with Crippen LogP contribution in [0.1, 0.15) is 47.7 Å². The second kappa shape index (κ2) is 4.86. The highest BCUT2D eigenvalue weighted by Crippen LogP contribution is 2.33. The molecule has 5 nitrogen and oxygen atoms in total. The summed E-state index contributed by atoms with van der Waals surface area (Å²) in [4.78, 5) is 11.2. The van der Waals surface area contributed by atoms with E-state index < -0.39 is 21.5 Å². The third kappa shape index (κ3) is 2.71. The molecule has 0 spiro atoms. The molecule has 1 aromatic carbocycles. The summed E-state index contributed by atoms with van der Waals surface area (Å²) in [5.74, 6) is -1.12. The minimum absolute atomic E-state index is 0.0229. The maximum absolute atomic E-state index is 12.4. The van der Waals surface area contributed by atoms with Gasteiger partial charge in [0.25, 0.3) is 0 Å². The van der Waals surface area contributed by atoms with Gasteiger partial charge in [0.1, 0.15) is 0 Å². The predicted molar refractivity (Wildman–Crippen MR) is 75.5 cm³/mol. The fourth-order valence-corrected chi connectivity index (χ4v) is 4.26. The van der Waals surface area contributed by atoms with E-state index in [0.29, 0.717) is 11.1 Å². The molecule has 0 bridgehead atoms. The van der Waals surface area contributed by atoms with Crippen molar-refractivity contribution in [2.24, 2.45) is 0 Å². The van der Waals surface area contributed by atoms with E-state index in [1.165, 1.54) is 6.07 Å². The van der Waals surface area contributed by atoms with Crippen LogP contribution in [-0.4, -0.2) is 25.0 Å². The number of carboxylic acid groups (broad SMARTS) is 1. The Morgan fingerprint density at radius 3 is 2.30 bits per heavy atom. The quantitative estimate of drug-likeness (QED) is 0.892. The Kier molecular flexibility index (Phi) is 3.64. The molecule has 0 aliphatic heterocycles. The zero-order valence-electron chi connectivity index (χ0n) is 11.9. The fraction of sp³-hybridized carbons (Fsp3) is 0.500. The van der Waals surface area contributed by atoms with Crippen molar-refractivity contribution in [3.63, 3.8) is 0 Å². The molecule has 1 aromatic rings. The Morgan fingerprint density at radius 1 is 1.25 bits per heavy atom. The van der Waals surface area contributed by atoms with Gasteiger partial charge in [-0.1, -0.05) is 6.07 Å². The maximum atomic E-state index is 12.4. The van der Waals surface area contributed by atoms with Crippen LogP contribution in [0.4, 0.5) is 0 Å². The number of rotatable bonds is 4. The van der Waals surface area contributed by atoms with Gasteiger partial charge < -0.3 is 5.11 Å². The highest BCUT2D eigenvalue weighted by atomic mass is 32.2. The van der Waals surface area contributed by atoms with Gasteiger partial charge in [-0.25, -0.2) is 17.9 Å². The summed E-state index contributed by atoms with van der Waals surface area (Å²) in [6, 6.07) is 2.85. The summed E-state index contributed by atoms with van der Waals surface area (Å²) in [7, 11) is -3.70. The number of carboxylic acids is 1. The average Bonchev–Trinajstić information content (AvgIpc) is 2.25. The molecular weight excluding hydrogens is 278 g/mol. The first-order valence-electron chi connectivity index (χ1n) is 6.53. The normalized spacial score (nSPS) is 17.6. The number of hydrogen-bond donors (Lipinski definition) is 2. The van der Waals surface area contributed by atoms with Crippen LogP contribution >= 0.6 is 0 Å². The minimum Gasteiger partial charge on any atom is -0.478 e. The number of hydrogen-bond acceptors (Lipinski definition) is 3. The van der Waals surface area contributed by atoms with Crippen LogP contribution in [0.5, 0.6) is 0 Å². The zero-order chi connectivity index (χ0) is 15.1. The van der Waals surface area contributed by atoms with Crippen LogP contribution in [0.25, 0.3) is 0 Å². The molecule has 0 unspecified atom stereocenters. The standard InChI is InChI=1S/C14H19NO4S/c1-9-7-10(2)12(8-11(9)13(16)17)20(18,19)15-14(3)5-4-6-14/h7-8,15H,4-6H2,1-3H3,(H,16,17). The first kappa shape index (κ1) is 15.0. The molecule has 1 saturated carbocycles. The topological polar surface area (TPSA) is 83.5 Å². The summed E-state index contributed by atoms with van der Waals surface area (Å²) in [6.45, 7) is 5.21. The van der Waals surface area contributed by atoms with Crippen molar-refractivity contribution in [3.8, 4) is 0 Å². The Balaban J connectivity index is 2.45. The maximum Gasteiger partial charge on any atom is 0.335 e. The molecule has 110 valence electrons. The van der Waals surface area contributed by atoms with Crippen molar-refractivity contribution < 1.29 is 18.3 Å². The van der Waals surface area contributed by atoms with Crippen molar-refractivity contribution in [2.45, 2.75) is 50.5 Å². The number of aryl methyl sites for hydroxylation is 2. The van der Waals surface area contributed by atoms with Crippen LogP contribution in [0.15, 0.2) is 17.0 Å². The second-order valence-electron chi connectivity index (χ2n) is 5.76. The van der Waals surface area contributed by atoms with Gasteiger partial charge in [-0.05, 0) is 57.2 Å². The lowest BCUT2D eigenvalue weighted by Crippen LogP contribution is -2.50. The monoisotopic (exact) mass is 297 g/mol. The molecule has 6 heteroatoms. The number of benzene rings is 1. The highest BCUT2D eigenvalue weighted by Gasteiger charge is 2.36. The Labute approximate surface area is 119 Å². The van der Waals surface area contributed by atoms with Crippen LogP contribution in [-0.2, 0) is 10.0 Å². The minimum atomic E-state index is -3.70. The van der Waals surface area contributed by atoms with Gasteiger partial charge in [-0.2, -0.15) is 0 Å². The molecule has 1 aliphatic rings. The van der Waals surface area contributed by atoms with Crippen LogP contribution < -0.4 is 4.72 Å². The third-order valence-corrected chi connectivity index (χ3v) is 5.66. The van der Waals surface area contributed by atoms with E-state index in [0.717, 1.165) is 19.3 Å². The first-order valence-corrected chi connectivity index (χ1v) is 8.01. The Hall–Kier alpha value is -1.40. The molecular formula is C14H19NO4S. The molecule has 0 heterocycles. The zero-order valence-corrected chi connectivity index (χ0v) is 12.7. The van der Waals surface area contributed by atoms with Gasteiger partial charge in [0.2, 0.25) is 10.0 Å². The number of carbonyl (C=O) groups is 1. The van der Waals surface area contributed by atoms with Crippen LogP contribution in [0, 0.1) is 13.8 Å². The first-order chi connectivity index (χ1) is 9.15. The average molecular weight is 297 g/mol. The van der Waals surface area contributed by atoms with E-state index in [9.17, 15) is 13.2 Å². The van der Waals surface area contributed by atoms with Crippen molar-refractivity contribution in [2.75, 3.05) is 0 Å². The van der Waals surface area contributed by atoms with Crippen molar-refractivity contribution in [1.29, 1.82) is 0 Å². The van der Waals surface area contributed by atoms with E-state index in [4.69, 9.17) is 5.11 Å². The number of sulfonamides is 1. The summed E-state index contributed by atoms with van der Waals surface area (Å²) >= 11 is 0.